The molecule has 0 aliphatic carbocycles. The van der Waals surface area contributed by atoms with Gasteiger partial charge in [0.25, 0.3) is 0 Å². The van der Waals surface area contributed by atoms with E-state index in [0.29, 0.717) is 44.5 Å². The number of aromatic nitrogens is 4. The van der Waals surface area contributed by atoms with E-state index < -0.39 is 0 Å². The average Bonchev–Trinajstić information content (AvgIpc) is 3.48. The van der Waals surface area contributed by atoms with E-state index >= 15 is 0 Å². The summed E-state index contributed by atoms with van der Waals surface area (Å²) >= 11 is 0. The molecular weight excluding hydrogens is 397 g/mol. The summed E-state index contributed by atoms with van der Waals surface area (Å²) in [5, 5.41) is 8.40. The van der Waals surface area contributed by atoms with Crippen LogP contribution in [0.5, 0.6) is 5.75 Å². The first-order valence-electron chi connectivity index (χ1n) is 10.7. The van der Waals surface area contributed by atoms with Gasteiger partial charge in [-0.15, -0.1) is 10.2 Å². The lowest BCUT2D eigenvalue weighted by Crippen LogP contribution is -2.34. The van der Waals surface area contributed by atoms with Gasteiger partial charge in [-0.25, -0.2) is 9.37 Å². The quantitative estimate of drug-likeness (QED) is 0.633. The SMILES string of the molecule is CCC(=O)N1CC=C(c2cnc(CCc3c(F)ccc4c3CCO4)n3cnnc23)CC1. The van der Waals surface area contributed by atoms with Gasteiger partial charge in [0.2, 0.25) is 5.91 Å². The van der Waals surface area contributed by atoms with Crippen molar-refractivity contribution in [3.05, 3.63) is 59.1 Å². The summed E-state index contributed by atoms with van der Waals surface area (Å²) in [6.45, 7) is 3.78. The van der Waals surface area contributed by atoms with E-state index in [1.807, 2.05) is 22.4 Å². The molecule has 0 saturated carbocycles. The van der Waals surface area contributed by atoms with E-state index in [9.17, 15) is 9.18 Å². The number of hydrogen-bond donors (Lipinski definition) is 0. The van der Waals surface area contributed by atoms with E-state index in [-0.39, 0.29) is 11.7 Å². The third-order valence-corrected chi connectivity index (χ3v) is 6.16. The molecule has 5 rings (SSSR count). The highest BCUT2D eigenvalue weighted by atomic mass is 19.1. The minimum Gasteiger partial charge on any atom is -0.493 e. The van der Waals surface area contributed by atoms with Gasteiger partial charge in [0, 0.05) is 49.7 Å². The van der Waals surface area contributed by atoms with Crippen LogP contribution in [0.1, 0.15) is 42.3 Å². The number of hydrogen-bond acceptors (Lipinski definition) is 5. The zero-order valence-corrected chi connectivity index (χ0v) is 17.5. The Labute approximate surface area is 179 Å². The molecule has 7 nitrogen and oxygen atoms in total. The Bertz CT molecular complexity index is 1190. The van der Waals surface area contributed by atoms with Gasteiger partial charge >= 0.3 is 0 Å². The first-order valence-corrected chi connectivity index (χ1v) is 10.7. The molecule has 3 aromatic rings. The van der Waals surface area contributed by atoms with Crippen LogP contribution in [-0.2, 0) is 24.1 Å². The van der Waals surface area contributed by atoms with Crippen LogP contribution in [0.4, 0.5) is 4.39 Å². The Kier molecular flexibility index (Phi) is 5.13. The van der Waals surface area contributed by atoms with Crippen molar-refractivity contribution in [2.75, 3.05) is 19.7 Å². The maximum atomic E-state index is 14.5. The summed E-state index contributed by atoms with van der Waals surface area (Å²) in [6, 6.07) is 3.19. The maximum Gasteiger partial charge on any atom is 0.222 e. The fourth-order valence-electron chi connectivity index (χ4n) is 4.46. The number of benzene rings is 1. The van der Waals surface area contributed by atoms with Gasteiger partial charge in [-0.2, -0.15) is 0 Å². The Balaban J connectivity index is 1.40. The largest absolute Gasteiger partial charge is 0.493 e. The number of rotatable bonds is 5. The van der Waals surface area contributed by atoms with E-state index in [1.54, 1.807) is 12.4 Å². The summed E-state index contributed by atoms with van der Waals surface area (Å²) < 4.78 is 21.9. The van der Waals surface area contributed by atoms with Crippen molar-refractivity contribution in [1.29, 1.82) is 0 Å². The molecule has 0 N–H and O–H groups in total. The topological polar surface area (TPSA) is 72.6 Å². The summed E-state index contributed by atoms with van der Waals surface area (Å²) in [5.41, 5.74) is 4.48. The number of ether oxygens (including phenoxy) is 1. The molecule has 2 aliphatic heterocycles. The minimum atomic E-state index is -0.195. The molecule has 160 valence electrons. The van der Waals surface area contributed by atoms with Crippen LogP contribution in [0.15, 0.2) is 30.7 Å². The summed E-state index contributed by atoms with van der Waals surface area (Å²) in [6.07, 6.45) is 8.69. The second kappa shape index (κ2) is 8.09. The number of aryl methyl sites for hydroxylation is 1. The monoisotopic (exact) mass is 421 g/mol. The molecule has 0 atom stereocenters. The molecule has 2 aromatic heterocycles. The molecule has 0 unspecified atom stereocenters. The van der Waals surface area contributed by atoms with E-state index in [1.165, 1.54) is 6.07 Å². The van der Waals surface area contributed by atoms with Gasteiger partial charge in [0.1, 0.15) is 23.7 Å². The lowest BCUT2D eigenvalue weighted by molar-refractivity contribution is -0.130. The van der Waals surface area contributed by atoms with Crippen LogP contribution in [0.3, 0.4) is 0 Å². The predicted octanol–water partition coefficient (Wildman–Crippen LogP) is 3.01. The molecule has 1 amide bonds. The molecule has 0 saturated heterocycles. The molecular formula is C23H24FN5O2. The molecule has 0 bridgehead atoms. The standard InChI is InChI=1S/C23H24FN5O2/c1-2-22(30)28-10-7-15(8-11-28)18-13-25-21(29-14-26-27-23(18)29)6-3-16-17-9-12-31-20(17)5-4-19(16)24/h4-5,7,13-14H,2-3,6,8-12H2,1H3. The van der Waals surface area contributed by atoms with Crippen LogP contribution in [0.2, 0.25) is 0 Å². The van der Waals surface area contributed by atoms with Gasteiger partial charge in [0.05, 0.1) is 6.61 Å². The van der Waals surface area contributed by atoms with Crippen molar-refractivity contribution < 1.29 is 13.9 Å². The number of carbonyl (C=O) groups excluding carboxylic acids is 1. The number of amides is 1. The lowest BCUT2D eigenvalue weighted by Gasteiger charge is -2.26. The third kappa shape index (κ3) is 3.56. The smallest absolute Gasteiger partial charge is 0.222 e. The molecule has 8 heteroatoms. The van der Waals surface area contributed by atoms with E-state index in [4.69, 9.17) is 4.74 Å². The van der Waals surface area contributed by atoms with Crippen LogP contribution < -0.4 is 4.74 Å². The van der Waals surface area contributed by atoms with Crippen molar-refractivity contribution >= 4 is 17.1 Å². The van der Waals surface area contributed by atoms with E-state index in [0.717, 1.165) is 46.8 Å². The zero-order chi connectivity index (χ0) is 21.4. The maximum absolute atomic E-state index is 14.5. The first-order chi connectivity index (χ1) is 15.2. The highest BCUT2D eigenvalue weighted by Gasteiger charge is 2.22. The Morgan fingerprint density at radius 1 is 1.26 bits per heavy atom. The Morgan fingerprint density at radius 3 is 2.97 bits per heavy atom. The normalized spacial score (nSPS) is 15.7. The van der Waals surface area contributed by atoms with Gasteiger partial charge in [-0.05, 0) is 36.1 Å². The van der Waals surface area contributed by atoms with Crippen LogP contribution in [-0.4, -0.2) is 50.1 Å². The molecule has 0 spiro atoms. The van der Waals surface area contributed by atoms with Crippen molar-refractivity contribution in [2.45, 2.75) is 39.0 Å². The highest BCUT2D eigenvalue weighted by molar-refractivity contribution is 5.80. The average molecular weight is 421 g/mol. The summed E-state index contributed by atoms with van der Waals surface area (Å²) in [7, 11) is 0. The molecule has 0 fully saturated rings. The van der Waals surface area contributed by atoms with Gasteiger partial charge in [-0.1, -0.05) is 13.0 Å². The molecule has 0 radical (unpaired) electrons. The number of fused-ring (bicyclic) bond motifs is 2. The number of halogens is 1. The van der Waals surface area contributed by atoms with Crippen molar-refractivity contribution in [2.24, 2.45) is 0 Å². The molecule has 1 aromatic carbocycles. The van der Waals surface area contributed by atoms with Gasteiger partial charge in [0.15, 0.2) is 5.65 Å². The van der Waals surface area contributed by atoms with Crippen molar-refractivity contribution in [1.82, 2.24) is 24.5 Å². The zero-order valence-electron chi connectivity index (χ0n) is 17.5. The third-order valence-electron chi connectivity index (χ3n) is 6.16. The first kappa shape index (κ1) is 19.7. The minimum absolute atomic E-state index is 0.168. The van der Waals surface area contributed by atoms with E-state index in [2.05, 4.69) is 21.3 Å². The van der Waals surface area contributed by atoms with Gasteiger partial charge in [-0.3, -0.25) is 9.20 Å². The second-order valence-corrected chi connectivity index (χ2v) is 7.89. The predicted molar refractivity (Wildman–Crippen MR) is 113 cm³/mol. The fourth-order valence-corrected chi connectivity index (χ4v) is 4.46. The fraction of sp³-hybridized carbons (Fsp3) is 0.391. The van der Waals surface area contributed by atoms with Crippen LogP contribution >= 0.6 is 0 Å². The van der Waals surface area contributed by atoms with Crippen LogP contribution in [0.25, 0.3) is 11.2 Å². The van der Waals surface area contributed by atoms with Crippen molar-refractivity contribution in [3.63, 3.8) is 0 Å². The van der Waals surface area contributed by atoms with Crippen LogP contribution in [0, 0.1) is 5.82 Å². The summed E-state index contributed by atoms with van der Waals surface area (Å²) in [4.78, 5) is 18.5. The Hall–Kier alpha value is -3.29. The second-order valence-electron chi connectivity index (χ2n) is 7.89. The summed E-state index contributed by atoms with van der Waals surface area (Å²) in [5.74, 6) is 1.55. The number of carbonyl (C=O) groups is 1. The Morgan fingerprint density at radius 2 is 2.16 bits per heavy atom. The molecule has 31 heavy (non-hydrogen) atoms. The molecule has 4 heterocycles. The molecule has 2 aliphatic rings. The number of nitrogens with zero attached hydrogens (tertiary/aromatic N) is 5. The van der Waals surface area contributed by atoms with Crippen molar-refractivity contribution in [3.8, 4) is 5.75 Å². The highest BCUT2D eigenvalue weighted by Crippen LogP contribution is 2.31. The van der Waals surface area contributed by atoms with Gasteiger partial charge < -0.3 is 9.64 Å². The lowest BCUT2D eigenvalue weighted by atomic mass is 9.99.